The van der Waals surface area contributed by atoms with Crippen molar-refractivity contribution < 1.29 is 14.1 Å². The first kappa shape index (κ1) is 13.5. The molecule has 0 saturated heterocycles. The van der Waals surface area contributed by atoms with Crippen LogP contribution in [0.3, 0.4) is 0 Å². The first-order valence-electron chi connectivity index (χ1n) is 5.66. The predicted octanol–water partition coefficient (Wildman–Crippen LogP) is 3.18. The quantitative estimate of drug-likeness (QED) is 0.632. The number of ether oxygens (including phenoxy) is 1. The van der Waals surface area contributed by atoms with Crippen LogP contribution in [0.25, 0.3) is 0 Å². The molecular formula is C14H9FN2O3. The Labute approximate surface area is 114 Å². The molecule has 20 heavy (non-hydrogen) atoms. The van der Waals surface area contributed by atoms with Gasteiger partial charge in [0.1, 0.15) is 29.8 Å². The van der Waals surface area contributed by atoms with Gasteiger partial charge in [-0.05, 0) is 23.8 Å². The van der Waals surface area contributed by atoms with Gasteiger partial charge in [-0.1, -0.05) is 12.1 Å². The van der Waals surface area contributed by atoms with E-state index in [9.17, 15) is 14.5 Å². The molecule has 0 saturated carbocycles. The molecule has 0 heterocycles. The third-order valence-corrected chi connectivity index (χ3v) is 2.58. The molecule has 6 heteroatoms. The number of non-ortho nitro benzene ring substituents is 1. The smallest absolute Gasteiger partial charge is 0.271 e. The summed E-state index contributed by atoms with van der Waals surface area (Å²) in [4.78, 5) is 10.0. The maximum atomic E-state index is 13.0. The normalized spacial score (nSPS) is 9.80. The van der Waals surface area contributed by atoms with E-state index in [1.165, 1.54) is 24.3 Å². The maximum absolute atomic E-state index is 13.0. The molecule has 2 aromatic carbocycles. The van der Waals surface area contributed by atoms with Crippen LogP contribution in [-0.4, -0.2) is 4.92 Å². The Balaban J connectivity index is 2.18. The Bertz CT molecular complexity index is 695. The van der Waals surface area contributed by atoms with Crippen molar-refractivity contribution in [1.29, 1.82) is 5.26 Å². The molecule has 0 N–H and O–H groups in total. The van der Waals surface area contributed by atoms with E-state index in [0.29, 0.717) is 5.56 Å². The minimum atomic E-state index is -0.586. The maximum Gasteiger partial charge on any atom is 0.271 e. The Kier molecular flexibility index (Phi) is 3.91. The largest absolute Gasteiger partial charge is 0.488 e. The van der Waals surface area contributed by atoms with Crippen molar-refractivity contribution in [2.45, 2.75) is 6.61 Å². The van der Waals surface area contributed by atoms with Crippen LogP contribution >= 0.6 is 0 Å². The molecule has 0 atom stereocenters. The van der Waals surface area contributed by atoms with Crippen LogP contribution in [0.4, 0.5) is 10.1 Å². The molecule has 0 aromatic heterocycles. The Morgan fingerprint density at radius 2 is 2.10 bits per heavy atom. The number of hydrogen-bond acceptors (Lipinski definition) is 4. The van der Waals surface area contributed by atoms with Gasteiger partial charge in [-0.3, -0.25) is 10.1 Å². The number of hydrogen-bond donors (Lipinski definition) is 0. The van der Waals surface area contributed by atoms with Crippen molar-refractivity contribution >= 4 is 5.69 Å². The molecule has 2 aromatic rings. The Hall–Kier alpha value is -2.94. The number of nitro groups is 1. The number of halogens is 1. The van der Waals surface area contributed by atoms with Gasteiger partial charge < -0.3 is 4.74 Å². The highest BCUT2D eigenvalue weighted by Crippen LogP contribution is 2.24. The topological polar surface area (TPSA) is 76.2 Å². The van der Waals surface area contributed by atoms with Crippen LogP contribution < -0.4 is 4.74 Å². The van der Waals surface area contributed by atoms with E-state index in [1.807, 2.05) is 6.07 Å². The lowest BCUT2D eigenvalue weighted by molar-refractivity contribution is -0.384. The monoisotopic (exact) mass is 272 g/mol. The van der Waals surface area contributed by atoms with E-state index in [2.05, 4.69) is 0 Å². The molecule has 0 spiro atoms. The second kappa shape index (κ2) is 5.80. The minimum Gasteiger partial charge on any atom is -0.488 e. The lowest BCUT2D eigenvalue weighted by atomic mass is 10.2. The predicted molar refractivity (Wildman–Crippen MR) is 68.5 cm³/mol. The van der Waals surface area contributed by atoms with E-state index >= 15 is 0 Å². The van der Waals surface area contributed by atoms with Gasteiger partial charge in [-0.25, -0.2) is 4.39 Å². The SMILES string of the molecule is N#Cc1cc([N+](=O)[O-])ccc1OCc1cccc(F)c1. The highest BCUT2D eigenvalue weighted by atomic mass is 19.1. The van der Waals surface area contributed by atoms with E-state index in [4.69, 9.17) is 10.00 Å². The molecule has 0 radical (unpaired) electrons. The van der Waals surface area contributed by atoms with Crippen LogP contribution in [0.15, 0.2) is 42.5 Å². The summed E-state index contributed by atoms with van der Waals surface area (Å²) in [7, 11) is 0. The minimum absolute atomic E-state index is 0.0654. The van der Waals surface area contributed by atoms with E-state index < -0.39 is 4.92 Å². The average Bonchev–Trinajstić information content (AvgIpc) is 2.45. The number of nitriles is 1. The molecule has 0 unspecified atom stereocenters. The molecule has 0 aliphatic rings. The average molecular weight is 272 g/mol. The fourth-order valence-electron chi connectivity index (χ4n) is 1.63. The number of rotatable bonds is 4. The van der Waals surface area contributed by atoms with Gasteiger partial charge in [0.2, 0.25) is 0 Å². The third-order valence-electron chi connectivity index (χ3n) is 2.58. The number of nitro benzene ring substituents is 1. The fourth-order valence-corrected chi connectivity index (χ4v) is 1.63. The van der Waals surface area contributed by atoms with Crippen LogP contribution in [0.2, 0.25) is 0 Å². The molecule has 0 fully saturated rings. The van der Waals surface area contributed by atoms with Crippen LogP contribution in [0, 0.1) is 27.3 Å². The second-order valence-electron chi connectivity index (χ2n) is 3.97. The van der Waals surface area contributed by atoms with Crippen molar-refractivity contribution in [2.75, 3.05) is 0 Å². The standard InChI is InChI=1S/C14H9FN2O3/c15-12-3-1-2-10(6-12)9-20-14-5-4-13(17(18)19)7-11(14)8-16/h1-7H,9H2. The van der Waals surface area contributed by atoms with Gasteiger partial charge in [-0.2, -0.15) is 5.26 Å². The van der Waals surface area contributed by atoms with Crippen molar-refractivity contribution in [3.8, 4) is 11.8 Å². The zero-order valence-corrected chi connectivity index (χ0v) is 10.2. The Morgan fingerprint density at radius 3 is 2.75 bits per heavy atom. The summed E-state index contributed by atoms with van der Waals surface area (Å²) in [6.07, 6.45) is 0. The summed E-state index contributed by atoms with van der Waals surface area (Å²) >= 11 is 0. The zero-order chi connectivity index (χ0) is 14.5. The van der Waals surface area contributed by atoms with E-state index in [-0.39, 0.29) is 29.4 Å². The van der Waals surface area contributed by atoms with Gasteiger partial charge in [0, 0.05) is 12.1 Å². The van der Waals surface area contributed by atoms with Gasteiger partial charge in [0.05, 0.1) is 4.92 Å². The van der Waals surface area contributed by atoms with Crippen molar-refractivity contribution in [1.82, 2.24) is 0 Å². The molecule has 0 aliphatic heterocycles. The zero-order valence-electron chi connectivity index (χ0n) is 10.2. The molecule has 0 bridgehead atoms. The highest BCUT2D eigenvalue weighted by molar-refractivity contribution is 5.50. The summed E-state index contributed by atoms with van der Waals surface area (Å²) in [6, 6.07) is 11.4. The van der Waals surface area contributed by atoms with Gasteiger partial charge in [-0.15, -0.1) is 0 Å². The third kappa shape index (κ3) is 3.09. The first-order valence-corrected chi connectivity index (χ1v) is 5.66. The highest BCUT2D eigenvalue weighted by Gasteiger charge is 2.11. The first-order chi connectivity index (χ1) is 9.60. The van der Waals surface area contributed by atoms with Crippen LogP contribution in [0.1, 0.15) is 11.1 Å². The lowest BCUT2D eigenvalue weighted by Crippen LogP contribution is -1.98. The van der Waals surface area contributed by atoms with Crippen molar-refractivity contribution in [3.63, 3.8) is 0 Å². The van der Waals surface area contributed by atoms with Crippen molar-refractivity contribution in [3.05, 3.63) is 69.5 Å². The molecule has 0 aliphatic carbocycles. The van der Waals surface area contributed by atoms with Gasteiger partial charge in [0.15, 0.2) is 0 Å². The number of nitrogens with zero attached hydrogens (tertiary/aromatic N) is 2. The second-order valence-corrected chi connectivity index (χ2v) is 3.97. The van der Waals surface area contributed by atoms with Crippen LogP contribution in [-0.2, 0) is 6.61 Å². The summed E-state index contributed by atoms with van der Waals surface area (Å²) in [5, 5.41) is 19.6. The number of benzene rings is 2. The van der Waals surface area contributed by atoms with E-state index in [0.717, 1.165) is 6.07 Å². The lowest BCUT2D eigenvalue weighted by Gasteiger charge is -2.07. The summed E-state index contributed by atoms with van der Waals surface area (Å²) in [5.74, 6) is -0.155. The summed E-state index contributed by atoms with van der Waals surface area (Å²) in [5.41, 5.74) is 0.488. The van der Waals surface area contributed by atoms with Gasteiger partial charge in [0.25, 0.3) is 5.69 Å². The molecular weight excluding hydrogens is 263 g/mol. The summed E-state index contributed by atoms with van der Waals surface area (Å²) < 4.78 is 18.4. The van der Waals surface area contributed by atoms with Gasteiger partial charge >= 0.3 is 0 Å². The molecule has 0 amide bonds. The fraction of sp³-hybridized carbons (Fsp3) is 0.0714. The Morgan fingerprint density at radius 1 is 1.30 bits per heavy atom. The summed E-state index contributed by atoms with van der Waals surface area (Å²) in [6.45, 7) is 0.0737. The van der Waals surface area contributed by atoms with Crippen LogP contribution in [0.5, 0.6) is 5.75 Å². The molecule has 2 rings (SSSR count). The molecule has 100 valence electrons. The van der Waals surface area contributed by atoms with Crippen molar-refractivity contribution in [2.24, 2.45) is 0 Å². The molecule has 5 nitrogen and oxygen atoms in total. The van der Waals surface area contributed by atoms with E-state index in [1.54, 1.807) is 12.1 Å².